The van der Waals surface area contributed by atoms with E-state index >= 15 is 0 Å². The summed E-state index contributed by atoms with van der Waals surface area (Å²) in [6.45, 7) is 0.948. The Morgan fingerprint density at radius 3 is 2.50 bits per heavy atom. The number of aromatic nitrogens is 1. The number of rotatable bonds is 3. The molecule has 0 bridgehead atoms. The molecular formula is C18H22F2N4O2. The SMILES string of the molecule is O=C(N1CC(Oc2ccncc2)C1)N1N=CC[C@H]1C1CC(F)CC(F)C1. The average molecular weight is 364 g/mol. The van der Waals surface area contributed by atoms with Gasteiger partial charge in [0.1, 0.15) is 24.2 Å². The first kappa shape index (κ1) is 17.2. The summed E-state index contributed by atoms with van der Waals surface area (Å²) < 4.78 is 33.3. The van der Waals surface area contributed by atoms with Crippen LogP contribution in [0.2, 0.25) is 0 Å². The summed E-state index contributed by atoms with van der Waals surface area (Å²) in [5.41, 5.74) is 0. The summed E-state index contributed by atoms with van der Waals surface area (Å²) in [6.07, 6.45) is 3.76. The Bertz CT molecular complexity index is 658. The smallest absolute Gasteiger partial charge is 0.340 e. The van der Waals surface area contributed by atoms with Crippen molar-refractivity contribution in [1.82, 2.24) is 14.9 Å². The molecule has 0 spiro atoms. The molecule has 2 amide bonds. The van der Waals surface area contributed by atoms with Crippen LogP contribution in [0.5, 0.6) is 5.75 Å². The highest BCUT2D eigenvalue weighted by Crippen LogP contribution is 2.36. The van der Waals surface area contributed by atoms with E-state index in [0.717, 1.165) is 5.75 Å². The molecule has 0 aromatic carbocycles. The molecule has 1 saturated carbocycles. The molecule has 1 aliphatic carbocycles. The van der Waals surface area contributed by atoms with Crippen molar-refractivity contribution in [2.24, 2.45) is 11.0 Å². The van der Waals surface area contributed by atoms with Crippen molar-refractivity contribution in [3.05, 3.63) is 24.5 Å². The van der Waals surface area contributed by atoms with Crippen LogP contribution in [-0.4, -0.2) is 64.7 Å². The van der Waals surface area contributed by atoms with E-state index in [-0.39, 0.29) is 30.5 Å². The molecular weight excluding hydrogens is 342 g/mol. The maximum absolute atomic E-state index is 13.7. The maximum Gasteiger partial charge on any atom is 0.340 e. The molecule has 3 atom stereocenters. The molecule has 2 fully saturated rings. The van der Waals surface area contributed by atoms with Gasteiger partial charge in [0.05, 0.1) is 19.1 Å². The number of halogens is 2. The fourth-order valence-corrected chi connectivity index (χ4v) is 3.97. The van der Waals surface area contributed by atoms with E-state index in [1.807, 2.05) is 0 Å². The molecule has 140 valence electrons. The molecule has 4 rings (SSSR count). The number of pyridine rings is 1. The van der Waals surface area contributed by atoms with Crippen molar-refractivity contribution in [2.45, 2.75) is 50.2 Å². The number of nitrogens with zero attached hydrogens (tertiary/aromatic N) is 4. The Kier molecular flexibility index (Phi) is 4.74. The summed E-state index contributed by atoms with van der Waals surface area (Å²) in [7, 11) is 0. The predicted octanol–water partition coefficient (Wildman–Crippen LogP) is 2.80. The molecule has 0 radical (unpaired) electrons. The lowest BCUT2D eigenvalue weighted by Gasteiger charge is -2.42. The number of carbonyl (C=O) groups is 1. The molecule has 1 aromatic heterocycles. The van der Waals surface area contributed by atoms with Crippen LogP contribution in [0.3, 0.4) is 0 Å². The normalized spacial score (nSPS) is 31.8. The minimum absolute atomic E-state index is 0.0296. The number of carbonyl (C=O) groups excluding carboxylic acids is 1. The molecule has 0 N–H and O–H groups in total. The second kappa shape index (κ2) is 7.17. The van der Waals surface area contributed by atoms with Crippen molar-refractivity contribution >= 4 is 12.2 Å². The minimum Gasteiger partial charge on any atom is -0.487 e. The largest absolute Gasteiger partial charge is 0.487 e. The fourth-order valence-electron chi connectivity index (χ4n) is 3.97. The van der Waals surface area contributed by atoms with E-state index in [1.165, 1.54) is 5.01 Å². The number of hydrogen-bond acceptors (Lipinski definition) is 4. The topological polar surface area (TPSA) is 58.0 Å². The van der Waals surface area contributed by atoms with E-state index in [0.29, 0.717) is 32.4 Å². The highest BCUT2D eigenvalue weighted by atomic mass is 19.1. The Morgan fingerprint density at radius 1 is 1.12 bits per heavy atom. The lowest BCUT2D eigenvalue weighted by Crippen LogP contribution is -2.60. The highest BCUT2D eigenvalue weighted by Gasteiger charge is 2.43. The van der Waals surface area contributed by atoms with Crippen LogP contribution in [0.25, 0.3) is 0 Å². The first-order chi connectivity index (χ1) is 12.6. The van der Waals surface area contributed by atoms with Gasteiger partial charge in [0.15, 0.2) is 0 Å². The molecule has 1 aromatic rings. The standard InChI is InChI=1S/C18H22F2N4O2/c19-13-7-12(8-14(20)9-13)17-3-6-22-24(17)18(25)23-10-16(11-23)26-15-1-4-21-5-2-15/h1-2,4-6,12-14,16-17H,3,7-11H2/t12?,13?,14?,17-/m0/s1. The van der Waals surface area contributed by atoms with Gasteiger partial charge < -0.3 is 9.64 Å². The van der Waals surface area contributed by atoms with Gasteiger partial charge in [0.2, 0.25) is 0 Å². The summed E-state index contributed by atoms with van der Waals surface area (Å²) in [4.78, 5) is 18.3. The second-order valence-corrected chi connectivity index (χ2v) is 7.22. The van der Waals surface area contributed by atoms with Gasteiger partial charge in [-0.25, -0.2) is 18.6 Å². The summed E-state index contributed by atoms with van der Waals surface area (Å²) in [6, 6.07) is 3.08. The quantitative estimate of drug-likeness (QED) is 0.829. The third kappa shape index (κ3) is 3.50. The van der Waals surface area contributed by atoms with Crippen molar-refractivity contribution in [3.8, 4) is 5.75 Å². The van der Waals surface area contributed by atoms with Gasteiger partial charge in [-0.3, -0.25) is 4.98 Å². The number of hydrogen-bond donors (Lipinski definition) is 0. The van der Waals surface area contributed by atoms with Gasteiger partial charge in [0.25, 0.3) is 0 Å². The molecule has 3 heterocycles. The number of urea groups is 1. The Labute approximate surface area is 150 Å². The summed E-state index contributed by atoms with van der Waals surface area (Å²) >= 11 is 0. The van der Waals surface area contributed by atoms with Gasteiger partial charge in [-0.2, -0.15) is 5.10 Å². The number of likely N-dealkylation sites (tertiary alicyclic amines) is 1. The second-order valence-electron chi connectivity index (χ2n) is 7.22. The highest BCUT2D eigenvalue weighted by molar-refractivity contribution is 5.79. The van der Waals surface area contributed by atoms with Gasteiger partial charge >= 0.3 is 6.03 Å². The average Bonchev–Trinajstić information content (AvgIpc) is 3.07. The van der Waals surface area contributed by atoms with Gasteiger partial charge in [-0.1, -0.05) is 0 Å². The van der Waals surface area contributed by atoms with Gasteiger partial charge in [-0.15, -0.1) is 0 Å². The van der Waals surface area contributed by atoms with Crippen LogP contribution in [0.4, 0.5) is 13.6 Å². The molecule has 26 heavy (non-hydrogen) atoms. The van der Waals surface area contributed by atoms with Crippen molar-refractivity contribution in [2.75, 3.05) is 13.1 Å². The van der Waals surface area contributed by atoms with E-state index < -0.39 is 12.3 Å². The zero-order valence-corrected chi connectivity index (χ0v) is 14.4. The first-order valence-electron chi connectivity index (χ1n) is 9.05. The van der Waals surface area contributed by atoms with Crippen LogP contribution in [0.1, 0.15) is 25.7 Å². The molecule has 1 saturated heterocycles. The van der Waals surface area contributed by atoms with Gasteiger partial charge in [-0.05, 0) is 30.9 Å². The molecule has 8 heteroatoms. The molecule has 2 unspecified atom stereocenters. The third-order valence-electron chi connectivity index (χ3n) is 5.31. The summed E-state index contributed by atoms with van der Waals surface area (Å²) in [5.74, 6) is 0.532. The minimum atomic E-state index is -1.14. The van der Waals surface area contributed by atoms with Crippen LogP contribution in [-0.2, 0) is 0 Å². The van der Waals surface area contributed by atoms with E-state index in [1.54, 1.807) is 35.6 Å². The molecule has 2 aliphatic heterocycles. The summed E-state index contributed by atoms with van der Waals surface area (Å²) in [5, 5.41) is 5.59. The van der Waals surface area contributed by atoms with Crippen LogP contribution in [0.15, 0.2) is 29.6 Å². The number of ether oxygens (including phenoxy) is 1. The van der Waals surface area contributed by atoms with Crippen molar-refractivity contribution in [1.29, 1.82) is 0 Å². The Balaban J connectivity index is 1.32. The number of hydrazone groups is 1. The Morgan fingerprint density at radius 2 is 1.81 bits per heavy atom. The van der Waals surface area contributed by atoms with E-state index in [4.69, 9.17) is 4.74 Å². The molecule has 3 aliphatic rings. The van der Waals surface area contributed by atoms with Gasteiger partial charge in [0, 0.05) is 31.4 Å². The fraction of sp³-hybridized carbons (Fsp3) is 0.611. The number of alkyl halides is 2. The zero-order chi connectivity index (χ0) is 18.1. The van der Waals surface area contributed by atoms with Crippen molar-refractivity contribution in [3.63, 3.8) is 0 Å². The van der Waals surface area contributed by atoms with E-state index in [2.05, 4.69) is 10.1 Å². The molecule has 6 nitrogen and oxygen atoms in total. The predicted molar refractivity (Wildman–Crippen MR) is 91.5 cm³/mol. The van der Waals surface area contributed by atoms with Crippen LogP contribution >= 0.6 is 0 Å². The zero-order valence-electron chi connectivity index (χ0n) is 14.4. The lowest BCUT2D eigenvalue weighted by atomic mass is 9.81. The van der Waals surface area contributed by atoms with E-state index in [9.17, 15) is 13.6 Å². The monoisotopic (exact) mass is 364 g/mol. The lowest BCUT2D eigenvalue weighted by molar-refractivity contribution is 0.0166. The van der Waals surface area contributed by atoms with Crippen LogP contribution in [0, 0.1) is 5.92 Å². The first-order valence-corrected chi connectivity index (χ1v) is 9.05. The Hall–Kier alpha value is -2.25. The third-order valence-corrected chi connectivity index (χ3v) is 5.31. The van der Waals surface area contributed by atoms with Crippen LogP contribution < -0.4 is 4.74 Å². The number of amides is 2. The van der Waals surface area contributed by atoms with Crippen molar-refractivity contribution < 1.29 is 18.3 Å². The maximum atomic E-state index is 13.7.